The topological polar surface area (TPSA) is 87.2 Å². The Labute approximate surface area is 137 Å². The van der Waals surface area contributed by atoms with Crippen LogP contribution in [-0.4, -0.2) is 59.7 Å². The van der Waals surface area contributed by atoms with Crippen LogP contribution in [0.2, 0.25) is 0 Å². The average Bonchev–Trinajstić information content (AvgIpc) is 2.58. The quantitative estimate of drug-likeness (QED) is 0.299. The first-order valence-corrected chi connectivity index (χ1v) is 8.39. The number of carbonyl (C=O) groups excluding carboxylic acids is 3. The van der Waals surface area contributed by atoms with E-state index in [-0.39, 0.29) is 24.3 Å². The van der Waals surface area contributed by atoms with Gasteiger partial charge in [0.15, 0.2) is 0 Å². The Balaban J connectivity index is 2.69. The molecular formula is C16H28N2O5. The van der Waals surface area contributed by atoms with Gasteiger partial charge in [0.2, 0.25) is 12.3 Å². The van der Waals surface area contributed by atoms with Crippen molar-refractivity contribution in [3.63, 3.8) is 0 Å². The van der Waals surface area contributed by atoms with Crippen LogP contribution >= 0.6 is 0 Å². The van der Waals surface area contributed by atoms with Crippen molar-refractivity contribution in [3.8, 4) is 0 Å². The van der Waals surface area contributed by atoms with Crippen LogP contribution in [-0.2, 0) is 19.1 Å². The minimum absolute atomic E-state index is 0.0110. The molecule has 1 fully saturated rings. The molecule has 1 rings (SSSR count). The summed E-state index contributed by atoms with van der Waals surface area (Å²) in [5, 5.41) is 9.92. The zero-order valence-corrected chi connectivity index (χ0v) is 14.1. The Morgan fingerprint density at radius 1 is 1.43 bits per heavy atom. The van der Waals surface area contributed by atoms with Crippen molar-refractivity contribution in [1.82, 2.24) is 9.96 Å². The highest BCUT2D eigenvalue weighted by Gasteiger charge is 2.32. The van der Waals surface area contributed by atoms with E-state index >= 15 is 0 Å². The number of esters is 1. The Morgan fingerprint density at radius 2 is 2.17 bits per heavy atom. The molecule has 2 unspecified atom stereocenters. The molecule has 0 saturated carbocycles. The van der Waals surface area contributed by atoms with Gasteiger partial charge in [-0.05, 0) is 26.2 Å². The third kappa shape index (κ3) is 6.17. The smallest absolute Gasteiger partial charge is 0.310 e. The number of hydrogen-bond acceptors (Lipinski definition) is 5. The van der Waals surface area contributed by atoms with Crippen molar-refractivity contribution in [2.45, 2.75) is 46.0 Å². The second-order valence-electron chi connectivity index (χ2n) is 5.94. The lowest BCUT2D eigenvalue weighted by Gasteiger charge is -2.34. The number of amides is 2. The van der Waals surface area contributed by atoms with Gasteiger partial charge in [0.25, 0.3) is 0 Å². The molecule has 7 nitrogen and oxygen atoms in total. The van der Waals surface area contributed by atoms with Crippen molar-refractivity contribution in [1.29, 1.82) is 0 Å². The summed E-state index contributed by atoms with van der Waals surface area (Å²) in [6.07, 6.45) is 4.18. The lowest BCUT2D eigenvalue weighted by atomic mass is 9.94. The van der Waals surface area contributed by atoms with E-state index in [0.717, 1.165) is 25.7 Å². The molecular weight excluding hydrogens is 300 g/mol. The molecule has 2 amide bonds. The summed E-state index contributed by atoms with van der Waals surface area (Å²) in [5.41, 5.74) is 0. The largest absolute Gasteiger partial charge is 0.466 e. The van der Waals surface area contributed by atoms with Gasteiger partial charge in [-0.2, -0.15) is 0 Å². The second kappa shape index (κ2) is 10.2. The molecule has 0 radical (unpaired) electrons. The fourth-order valence-electron chi connectivity index (χ4n) is 2.90. The van der Waals surface area contributed by atoms with Gasteiger partial charge in [-0.3, -0.25) is 19.6 Å². The van der Waals surface area contributed by atoms with Gasteiger partial charge in [-0.15, -0.1) is 0 Å². The predicted molar refractivity (Wildman–Crippen MR) is 83.5 cm³/mol. The number of unbranched alkanes of at least 4 members (excludes halogenated alkanes) is 1. The minimum atomic E-state index is -0.439. The van der Waals surface area contributed by atoms with E-state index in [4.69, 9.17) is 4.74 Å². The number of piperidine rings is 1. The van der Waals surface area contributed by atoms with Gasteiger partial charge in [0.1, 0.15) is 0 Å². The molecule has 1 heterocycles. The SMILES string of the molecule is CCCCC(CN(O)C=O)C(=O)N1CCCC(C(=O)OCC)C1. The van der Waals surface area contributed by atoms with Gasteiger partial charge in [-0.1, -0.05) is 19.8 Å². The third-order valence-electron chi connectivity index (χ3n) is 4.14. The maximum absolute atomic E-state index is 12.7. The van der Waals surface area contributed by atoms with Gasteiger partial charge in [-0.25, -0.2) is 5.06 Å². The fraction of sp³-hybridized carbons (Fsp3) is 0.812. The highest BCUT2D eigenvalue weighted by atomic mass is 16.5. The lowest BCUT2D eigenvalue weighted by molar-refractivity contribution is -0.158. The summed E-state index contributed by atoms with van der Waals surface area (Å²) in [6.45, 7) is 5.07. The molecule has 132 valence electrons. The summed E-state index contributed by atoms with van der Waals surface area (Å²) >= 11 is 0. The average molecular weight is 328 g/mol. The number of likely N-dealkylation sites (tertiary alicyclic amines) is 1. The zero-order valence-electron chi connectivity index (χ0n) is 14.1. The van der Waals surface area contributed by atoms with Crippen LogP contribution < -0.4 is 0 Å². The van der Waals surface area contributed by atoms with E-state index in [1.807, 2.05) is 6.92 Å². The molecule has 7 heteroatoms. The van der Waals surface area contributed by atoms with E-state index < -0.39 is 5.92 Å². The Morgan fingerprint density at radius 3 is 2.78 bits per heavy atom. The first-order valence-electron chi connectivity index (χ1n) is 8.39. The predicted octanol–water partition coefficient (Wildman–Crippen LogP) is 1.44. The molecule has 1 aliphatic rings. The maximum Gasteiger partial charge on any atom is 0.310 e. The summed E-state index contributed by atoms with van der Waals surface area (Å²) in [5.74, 6) is -1.08. The molecule has 2 atom stereocenters. The molecule has 0 bridgehead atoms. The molecule has 1 saturated heterocycles. The summed E-state index contributed by atoms with van der Waals surface area (Å²) < 4.78 is 5.05. The van der Waals surface area contributed by atoms with Crippen LogP contribution in [0, 0.1) is 11.8 Å². The van der Waals surface area contributed by atoms with Crippen molar-refractivity contribution in [2.24, 2.45) is 11.8 Å². The summed E-state index contributed by atoms with van der Waals surface area (Å²) in [6, 6.07) is 0. The van der Waals surface area contributed by atoms with Crippen molar-refractivity contribution >= 4 is 18.3 Å². The molecule has 1 aliphatic heterocycles. The minimum Gasteiger partial charge on any atom is -0.466 e. The van der Waals surface area contributed by atoms with E-state index in [9.17, 15) is 19.6 Å². The van der Waals surface area contributed by atoms with Gasteiger partial charge < -0.3 is 9.64 Å². The van der Waals surface area contributed by atoms with Gasteiger partial charge in [0, 0.05) is 13.1 Å². The van der Waals surface area contributed by atoms with E-state index in [0.29, 0.717) is 37.6 Å². The highest BCUT2D eigenvalue weighted by molar-refractivity contribution is 5.81. The fourth-order valence-corrected chi connectivity index (χ4v) is 2.90. The lowest BCUT2D eigenvalue weighted by Crippen LogP contribution is -2.47. The molecule has 0 aromatic rings. The normalized spacial score (nSPS) is 19.1. The number of rotatable bonds is 9. The third-order valence-corrected chi connectivity index (χ3v) is 4.14. The first-order chi connectivity index (χ1) is 11.0. The van der Waals surface area contributed by atoms with Crippen molar-refractivity contribution < 1.29 is 24.3 Å². The zero-order chi connectivity index (χ0) is 17.2. The van der Waals surface area contributed by atoms with Crippen LogP contribution in [0.5, 0.6) is 0 Å². The summed E-state index contributed by atoms with van der Waals surface area (Å²) in [4.78, 5) is 36.9. The van der Waals surface area contributed by atoms with Gasteiger partial charge in [0.05, 0.1) is 25.0 Å². The number of nitrogens with zero attached hydrogens (tertiary/aromatic N) is 2. The van der Waals surface area contributed by atoms with E-state index in [1.54, 1.807) is 11.8 Å². The Bertz CT molecular complexity index is 402. The monoisotopic (exact) mass is 328 g/mol. The summed E-state index contributed by atoms with van der Waals surface area (Å²) in [7, 11) is 0. The first kappa shape index (κ1) is 19.4. The number of hydroxylamine groups is 2. The standard InChI is InChI=1S/C16H28N2O5/c1-3-5-7-13(11-18(22)12-19)15(20)17-9-6-8-14(10-17)16(21)23-4-2/h12-14,22H,3-11H2,1-2H3. The number of ether oxygens (including phenoxy) is 1. The van der Waals surface area contributed by atoms with Gasteiger partial charge >= 0.3 is 5.97 Å². The van der Waals surface area contributed by atoms with Crippen LogP contribution in [0.3, 0.4) is 0 Å². The maximum atomic E-state index is 12.7. The molecule has 0 aromatic heterocycles. The van der Waals surface area contributed by atoms with Crippen molar-refractivity contribution in [3.05, 3.63) is 0 Å². The molecule has 0 aliphatic carbocycles. The van der Waals surface area contributed by atoms with E-state index in [2.05, 4.69) is 0 Å². The molecule has 0 spiro atoms. The molecule has 23 heavy (non-hydrogen) atoms. The molecule has 1 N–H and O–H groups in total. The molecule has 0 aromatic carbocycles. The Kier molecular flexibility index (Phi) is 8.61. The van der Waals surface area contributed by atoms with Crippen LogP contribution in [0.4, 0.5) is 0 Å². The highest BCUT2D eigenvalue weighted by Crippen LogP contribution is 2.22. The van der Waals surface area contributed by atoms with Crippen LogP contribution in [0.25, 0.3) is 0 Å². The Hall–Kier alpha value is -1.63. The number of carbonyl (C=O) groups is 3. The van der Waals surface area contributed by atoms with Crippen molar-refractivity contribution in [2.75, 3.05) is 26.2 Å². The number of hydrogen-bond donors (Lipinski definition) is 1. The van der Waals surface area contributed by atoms with Crippen LogP contribution in [0.1, 0.15) is 46.0 Å². The van der Waals surface area contributed by atoms with Crippen LogP contribution in [0.15, 0.2) is 0 Å². The second-order valence-corrected chi connectivity index (χ2v) is 5.94. The van der Waals surface area contributed by atoms with E-state index in [1.165, 1.54) is 0 Å².